The van der Waals surface area contributed by atoms with E-state index in [9.17, 15) is 24.3 Å². The van der Waals surface area contributed by atoms with Crippen LogP contribution in [0.4, 0.5) is 4.79 Å². The second kappa shape index (κ2) is 11.5. The fraction of sp³-hybridized carbons (Fsp3) is 0.444. The lowest BCUT2D eigenvalue weighted by Gasteiger charge is -2.52. The van der Waals surface area contributed by atoms with E-state index in [4.69, 9.17) is 4.74 Å². The van der Waals surface area contributed by atoms with E-state index < -0.39 is 17.5 Å². The first-order valence-electron chi connectivity index (χ1n) is 15.7. The minimum absolute atomic E-state index is 0.00182. The zero-order valence-electron chi connectivity index (χ0n) is 26.3. The maximum absolute atomic E-state index is 14.7. The van der Waals surface area contributed by atoms with Crippen LogP contribution < -0.4 is 0 Å². The zero-order valence-corrected chi connectivity index (χ0v) is 26.3. The molecule has 236 valence electrons. The first kappa shape index (κ1) is 30.6. The molecule has 1 atom stereocenters. The molecule has 2 fully saturated rings. The Hall–Kier alpha value is -4.40. The van der Waals surface area contributed by atoms with Crippen molar-refractivity contribution in [1.29, 1.82) is 0 Å². The van der Waals surface area contributed by atoms with Gasteiger partial charge in [-0.25, -0.2) is 9.59 Å². The molecule has 1 N–H and O–H groups in total. The van der Waals surface area contributed by atoms with Crippen molar-refractivity contribution in [2.24, 2.45) is 10.8 Å². The zero-order chi connectivity index (χ0) is 32.0. The Morgan fingerprint density at radius 2 is 1.58 bits per heavy atom. The molecule has 3 heterocycles. The van der Waals surface area contributed by atoms with Gasteiger partial charge in [0.25, 0.3) is 0 Å². The number of hydrogen-bond acceptors (Lipinski definition) is 5. The summed E-state index contributed by atoms with van der Waals surface area (Å²) in [6.45, 7) is 9.36. The van der Waals surface area contributed by atoms with Crippen LogP contribution in [0.2, 0.25) is 0 Å². The Morgan fingerprint density at radius 1 is 0.889 bits per heavy atom. The van der Waals surface area contributed by atoms with E-state index in [-0.39, 0.29) is 34.8 Å². The van der Waals surface area contributed by atoms with Gasteiger partial charge in [0, 0.05) is 37.0 Å². The third-order valence-corrected chi connectivity index (χ3v) is 10.4. The van der Waals surface area contributed by atoms with Crippen molar-refractivity contribution in [3.8, 4) is 0 Å². The maximum atomic E-state index is 14.7. The van der Waals surface area contributed by atoms with E-state index >= 15 is 0 Å². The molecular weight excluding hydrogens is 570 g/mol. The number of carboxylic acid groups (broad SMARTS) is 1. The van der Waals surface area contributed by atoms with Crippen LogP contribution in [0, 0.1) is 10.8 Å². The van der Waals surface area contributed by atoms with E-state index in [0.29, 0.717) is 52.2 Å². The molecule has 4 aliphatic rings. The van der Waals surface area contributed by atoms with Crippen LogP contribution in [-0.4, -0.2) is 89.6 Å². The summed E-state index contributed by atoms with van der Waals surface area (Å²) in [5.74, 6) is -0.965. The Labute approximate surface area is 264 Å². The van der Waals surface area contributed by atoms with Gasteiger partial charge in [0.1, 0.15) is 13.2 Å². The van der Waals surface area contributed by atoms with Gasteiger partial charge in [0.15, 0.2) is 0 Å². The second-order valence-electron chi connectivity index (χ2n) is 13.6. The van der Waals surface area contributed by atoms with Gasteiger partial charge in [-0.2, -0.15) is 0 Å². The number of piperidine rings is 1. The molecule has 6 rings (SSSR count). The molecule has 0 unspecified atom stereocenters. The van der Waals surface area contributed by atoms with Crippen molar-refractivity contribution >= 4 is 29.5 Å². The number of likely N-dealkylation sites (tertiary alicyclic amines) is 1. The average molecular weight is 612 g/mol. The fourth-order valence-corrected chi connectivity index (χ4v) is 8.01. The van der Waals surface area contributed by atoms with Crippen LogP contribution in [0.25, 0.3) is 5.57 Å². The summed E-state index contributed by atoms with van der Waals surface area (Å²) in [7, 11) is 0. The molecule has 1 aliphatic carbocycles. The Bertz CT molecular complexity index is 1570. The average Bonchev–Trinajstić information content (AvgIpc) is 3.44. The molecule has 3 amide bonds. The second-order valence-corrected chi connectivity index (χ2v) is 13.6. The van der Waals surface area contributed by atoms with Gasteiger partial charge in [0.2, 0.25) is 11.8 Å². The molecule has 0 saturated carbocycles. The lowest BCUT2D eigenvalue weighted by molar-refractivity contribution is -0.144. The number of fused-ring (bicyclic) bond motifs is 1. The highest BCUT2D eigenvalue weighted by Crippen LogP contribution is 2.55. The predicted molar refractivity (Wildman–Crippen MR) is 169 cm³/mol. The molecule has 0 bridgehead atoms. The lowest BCUT2D eigenvalue weighted by Crippen LogP contribution is -2.57. The summed E-state index contributed by atoms with van der Waals surface area (Å²) < 4.78 is 4.98. The van der Waals surface area contributed by atoms with Crippen LogP contribution in [0.1, 0.15) is 61.5 Å². The van der Waals surface area contributed by atoms with Crippen LogP contribution >= 0.6 is 0 Å². The first-order valence-corrected chi connectivity index (χ1v) is 15.7. The van der Waals surface area contributed by atoms with Crippen molar-refractivity contribution in [1.82, 2.24) is 14.7 Å². The van der Waals surface area contributed by atoms with Gasteiger partial charge in [-0.05, 0) is 48.1 Å². The van der Waals surface area contributed by atoms with Crippen LogP contribution in [0.3, 0.4) is 0 Å². The minimum atomic E-state index is -0.940. The molecule has 2 aromatic carbocycles. The molecule has 0 radical (unpaired) electrons. The van der Waals surface area contributed by atoms with Gasteiger partial charge in [-0.3, -0.25) is 14.5 Å². The van der Waals surface area contributed by atoms with Crippen LogP contribution in [0.5, 0.6) is 0 Å². The summed E-state index contributed by atoms with van der Waals surface area (Å²) >= 11 is 0. The summed E-state index contributed by atoms with van der Waals surface area (Å²) in [5, 5.41) is 9.34. The van der Waals surface area contributed by atoms with Gasteiger partial charge in [0.05, 0.1) is 17.5 Å². The quantitative estimate of drug-likeness (QED) is 0.462. The monoisotopic (exact) mass is 611 g/mol. The first-order chi connectivity index (χ1) is 21.4. The molecule has 9 nitrogen and oxygen atoms in total. The highest BCUT2D eigenvalue weighted by molar-refractivity contribution is 5.90. The topological polar surface area (TPSA) is 107 Å². The number of allylic oxidation sites excluding steroid dienone is 2. The third-order valence-electron chi connectivity index (χ3n) is 10.4. The van der Waals surface area contributed by atoms with E-state index in [1.807, 2.05) is 47.4 Å². The summed E-state index contributed by atoms with van der Waals surface area (Å²) in [6.07, 6.45) is 5.82. The molecule has 0 spiro atoms. The number of carbonyl (C=O) groups is 4. The number of aromatic carboxylic acids is 1. The van der Waals surface area contributed by atoms with E-state index in [1.54, 1.807) is 17.0 Å². The maximum Gasteiger partial charge on any atom is 0.410 e. The number of rotatable bonds is 6. The van der Waals surface area contributed by atoms with Crippen molar-refractivity contribution in [3.63, 3.8) is 0 Å². The van der Waals surface area contributed by atoms with Crippen LogP contribution in [-0.2, 0) is 19.7 Å². The molecule has 45 heavy (non-hydrogen) atoms. The van der Waals surface area contributed by atoms with E-state index in [1.165, 1.54) is 16.0 Å². The van der Waals surface area contributed by atoms with E-state index in [2.05, 4.69) is 32.9 Å². The van der Waals surface area contributed by atoms with Gasteiger partial charge >= 0.3 is 12.1 Å². The lowest BCUT2D eigenvalue weighted by atomic mass is 9.58. The van der Waals surface area contributed by atoms with Crippen molar-refractivity contribution in [2.75, 3.05) is 45.9 Å². The van der Waals surface area contributed by atoms with Crippen molar-refractivity contribution in [2.45, 2.75) is 45.4 Å². The summed E-state index contributed by atoms with van der Waals surface area (Å²) in [4.78, 5) is 56.3. The summed E-state index contributed by atoms with van der Waals surface area (Å²) in [5.41, 5.74) is 3.43. The largest absolute Gasteiger partial charge is 0.478 e. The Morgan fingerprint density at radius 3 is 2.20 bits per heavy atom. The molecule has 9 heteroatoms. The minimum Gasteiger partial charge on any atom is -0.478 e. The number of ether oxygens (including phenoxy) is 1. The molecule has 2 aromatic rings. The number of cyclic esters (lactones) is 1. The number of amides is 3. The van der Waals surface area contributed by atoms with E-state index in [0.717, 1.165) is 17.5 Å². The normalized spacial score (nSPS) is 23.9. The Balaban J connectivity index is 1.22. The smallest absolute Gasteiger partial charge is 0.410 e. The van der Waals surface area contributed by atoms with Crippen molar-refractivity contribution in [3.05, 3.63) is 89.0 Å². The van der Waals surface area contributed by atoms with Gasteiger partial charge < -0.3 is 19.6 Å². The molecular formula is C36H41N3O6. The standard InChI is InChI=1S/C36H41N3O6/c1-34(2)28(25-9-11-26(12-10-25)31(41)42)13-15-35(3)24-39(18-14-29(34)35)32(43)36(27-7-5-4-6-8-27)16-19-37(20-17-36)30(40)23-38-21-22-45-33(38)44/h4-14H,15-24H2,1-3H3,(H,41,42)/t35-/m1/s1. The van der Waals surface area contributed by atoms with Crippen molar-refractivity contribution < 1.29 is 29.0 Å². The van der Waals surface area contributed by atoms with Crippen LogP contribution in [0.15, 0.2) is 72.3 Å². The number of benzene rings is 2. The molecule has 0 aromatic heterocycles. The number of carbonyl (C=O) groups excluding carboxylic acids is 3. The third kappa shape index (κ3) is 5.42. The van der Waals surface area contributed by atoms with Gasteiger partial charge in [-0.15, -0.1) is 0 Å². The molecule has 2 saturated heterocycles. The Kier molecular flexibility index (Phi) is 7.83. The highest BCUT2D eigenvalue weighted by Gasteiger charge is 2.51. The summed E-state index contributed by atoms with van der Waals surface area (Å²) in [6, 6.07) is 17.0. The predicted octanol–water partition coefficient (Wildman–Crippen LogP) is 4.99. The number of nitrogens with zero attached hydrogens (tertiary/aromatic N) is 3. The van der Waals surface area contributed by atoms with Gasteiger partial charge in [-0.1, -0.05) is 81.0 Å². The number of hydrogen-bond donors (Lipinski definition) is 1. The molecule has 3 aliphatic heterocycles. The SMILES string of the molecule is CC1(C)C(c2ccc(C(=O)O)cc2)=CC[C@]2(C)CN(C(=O)C3(c4ccccc4)CCN(C(=O)CN4CCOC4=O)CC3)CC=C12. The highest BCUT2D eigenvalue weighted by atomic mass is 16.6. The fourth-order valence-electron chi connectivity index (χ4n) is 8.01. The number of carboxylic acids is 1.